The van der Waals surface area contributed by atoms with Crippen molar-refractivity contribution in [2.45, 2.75) is 0 Å². The summed E-state index contributed by atoms with van der Waals surface area (Å²) in [5, 5.41) is 2.64. The van der Waals surface area contributed by atoms with Crippen LogP contribution in [0.15, 0.2) is 54.9 Å². The lowest BCUT2D eigenvalue weighted by atomic mass is 10.2. The summed E-state index contributed by atoms with van der Waals surface area (Å²) in [6, 6.07) is 11.9. The molecule has 2 aromatic carbocycles. The van der Waals surface area contributed by atoms with Gasteiger partial charge in [-0.25, -0.2) is 4.79 Å². The second kappa shape index (κ2) is 7.39. The number of aromatic nitrogens is 2. The van der Waals surface area contributed by atoms with Crippen LogP contribution in [0.2, 0.25) is 0 Å². The third-order valence-corrected chi connectivity index (χ3v) is 3.41. The molecular weight excluding hydrogens is 322 g/mol. The van der Waals surface area contributed by atoms with Crippen LogP contribution < -0.4 is 10.1 Å². The number of hydrogen-bond donors (Lipinski definition) is 1. The lowest BCUT2D eigenvalue weighted by molar-refractivity contribution is -0.119. The number of ether oxygens (including phenoxy) is 2. The maximum Gasteiger partial charge on any atom is 0.340 e. The number of anilines is 1. The van der Waals surface area contributed by atoms with E-state index in [1.54, 1.807) is 48.7 Å². The van der Waals surface area contributed by atoms with Gasteiger partial charge in [-0.05, 0) is 24.3 Å². The first-order chi connectivity index (χ1) is 12.2. The number of amides is 1. The van der Waals surface area contributed by atoms with E-state index in [4.69, 9.17) is 9.47 Å². The van der Waals surface area contributed by atoms with Crippen molar-refractivity contribution in [1.82, 2.24) is 9.97 Å². The first-order valence-corrected chi connectivity index (χ1v) is 7.48. The Labute approximate surface area is 143 Å². The highest BCUT2D eigenvalue weighted by molar-refractivity contribution is 6.02. The molecule has 0 unspecified atom stereocenters. The molecule has 1 heterocycles. The lowest BCUT2D eigenvalue weighted by Gasteiger charge is -2.08. The molecule has 0 bridgehead atoms. The first-order valence-electron chi connectivity index (χ1n) is 7.48. The van der Waals surface area contributed by atoms with E-state index in [1.165, 1.54) is 13.3 Å². The van der Waals surface area contributed by atoms with Gasteiger partial charge in [-0.15, -0.1) is 0 Å². The van der Waals surface area contributed by atoms with Crippen molar-refractivity contribution in [3.8, 4) is 5.75 Å². The molecule has 1 amide bonds. The highest BCUT2D eigenvalue weighted by Crippen LogP contribution is 2.17. The van der Waals surface area contributed by atoms with Crippen LogP contribution in [-0.4, -0.2) is 35.6 Å². The highest BCUT2D eigenvalue weighted by atomic mass is 16.5. The van der Waals surface area contributed by atoms with Crippen LogP contribution in [0.5, 0.6) is 5.75 Å². The summed E-state index contributed by atoms with van der Waals surface area (Å²) in [5.41, 5.74) is 1.83. The maximum absolute atomic E-state index is 12.2. The second-order valence-corrected chi connectivity index (χ2v) is 5.09. The van der Waals surface area contributed by atoms with Crippen molar-refractivity contribution in [3.63, 3.8) is 0 Å². The van der Waals surface area contributed by atoms with E-state index in [-0.39, 0.29) is 5.56 Å². The minimum Gasteiger partial charge on any atom is -0.497 e. The second-order valence-electron chi connectivity index (χ2n) is 5.09. The van der Waals surface area contributed by atoms with Crippen molar-refractivity contribution < 1.29 is 19.1 Å². The quantitative estimate of drug-likeness (QED) is 0.719. The zero-order chi connectivity index (χ0) is 17.6. The number of hydrogen-bond acceptors (Lipinski definition) is 6. The number of para-hydroxylation sites is 1. The minimum absolute atomic E-state index is 0.264. The topological polar surface area (TPSA) is 90.4 Å². The number of nitrogens with one attached hydrogen (secondary N) is 1. The summed E-state index contributed by atoms with van der Waals surface area (Å²) in [6.07, 6.45) is 3.04. The van der Waals surface area contributed by atoms with Gasteiger partial charge in [0.2, 0.25) is 0 Å². The van der Waals surface area contributed by atoms with Gasteiger partial charge in [0.15, 0.2) is 6.61 Å². The summed E-state index contributed by atoms with van der Waals surface area (Å²) >= 11 is 0. The highest BCUT2D eigenvalue weighted by Gasteiger charge is 2.14. The number of methoxy groups -OCH3 is 1. The van der Waals surface area contributed by atoms with Crippen LogP contribution in [-0.2, 0) is 9.53 Å². The van der Waals surface area contributed by atoms with Crippen molar-refractivity contribution in [1.29, 1.82) is 0 Å². The molecule has 0 saturated carbocycles. The first kappa shape index (κ1) is 16.4. The summed E-state index contributed by atoms with van der Waals surface area (Å²) in [7, 11) is 1.54. The van der Waals surface area contributed by atoms with Gasteiger partial charge in [0, 0.05) is 24.1 Å². The van der Waals surface area contributed by atoms with E-state index in [0.717, 1.165) is 0 Å². The SMILES string of the molecule is COc1cccc(NC(=O)COC(=O)c2cccc3nccnc23)c1. The van der Waals surface area contributed by atoms with E-state index in [1.807, 2.05) is 0 Å². The fourth-order valence-electron chi connectivity index (χ4n) is 2.26. The Kier molecular flexibility index (Phi) is 4.84. The van der Waals surface area contributed by atoms with Crippen LogP contribution in [0, 0.1) is 0 Å². The van der Waals surface area contributed by atoms with Gasteiger partial charge in [-0.2, -0.15) is 0 Å². The summed E-state index contributed by atoms with van der Waals surface area (Å²) in [6.45, 7) is -0.410. The third-order valence-electron chi connectivity index (χ3n) is 3.41. The van der Waals surface area contributed by atoms with Crippen LogP contribution in [0.25, 0.3) is 11.0 Å². The average Bonchev–Trinajstić information content (AvgIpc) is 2.65. The molecule has 0 aliphatic rings. The van der Waals surface area contributed by atoms with Crippen LogP contribution in [0.3, 0.4) is 0 Å². The predicted octanol–water partition coefficient (Wildman–Crippen LogP) is 2.43. The van der Waals surface area contributed by atoms with Gasteiger partial charge in [0.1, 0.15) is 11.3 Å². The van der Waals surface area contributed by atoms with E-state index >= 15 is 0 Å². The molecule has 0 fully saturated rings. The average molecular weight is 337 g/mol. The molecule has 0 aliphatic carbocycles. The largest absolute Gasteiger partial charge is 0.497 e. The van der Waals surface area contributed by atoms with E-state index in [0.29, 0.717) is 22.5 Å². The van der Waals surface area contributed by atoms with Gasteiger partial charge in [0.05, 0.1) is 18.2 Å². The molecule has 0 radical (unpaired) electrons. The molecule has 0 saturated heterocycles. The van der Waals surface area contributed by atoms with Crippen molar-refractivity contribution in [2.75, 3.05) is 19.0 Å². The Hall–Kier alpha value is -3.48. The van der Waals surface area contributed by atoms with Crippen molar-refractivity contribution in [2.24, 2.45) is 0 Å². The normalized spacial score (nSPS) is 10.3. The fourth-order valence-corrected chi connectivity index (χ4v) is 2.26. The van der Waals surface area contributed by atoms with Crippen LogP contribution >= 0.6 is 0 Å². The molecular formula is C18H15N3O4. The number of carbonyl (C=O) groups is 2. The molecule has 0 atom stereocenters. The Morgan fingerprint density at radius 3 is 2.72 bits per heavy atom. The number of esters is 1. The monoisotopic (exact) mass is 337 g/mol. The van der Waals surface area contributed by atoms with Crippen LogP contribution in [0.1, 0.15) is 10.4 Å². The van der Waals surface area contributed by atoms with Gasteiger partial charge >= 0.3 is 5.97 Å². The number of fused-ring (bicyclic) bond motifs is 1. The van der Waals surface area contributed by atoms with Gasteiger partial charge in [-0.1, -0.05) is 12.1 Å². The number of benzene rings is 2. The van der Waals surface area contributed by atoms with Gasteiger partial charge < -0.3 is 14.8 Å². The fraction of sp³-hybridized carbons (Fsp3) is 0.111. The summed E-state index contributed by atoms with van der Waals surface area (Å²) in [5.74, 6) is -0.469. The number of carbonyl (C=O) groups excluding carboxylic acids is 2. The molecule has 126 valence electrons. The molecule has 7 nitrogen and oxygen atoms in total. The Balaban J connectivity index is 1.64. The molecule has 3 aromatic rings. The molecule has 0 aliphatic heterocycles. The van der Waals surface area contributed by atoms with Gasteiger partial charge in [0.25, 0.3) is 5.91 Å². The summed E-state index contributed by atoms with van der Waals surface area (Å²) in [4.78, 5) is 32.4. The Morgan fingerprint density at radius 1 is 1.08 bits per heavy atom. The molecule has 25 heavy (non-hydrogen) atoms. The van der Waals surface area contributed by atoms with Crippen LogP contribution in [0.4, 0.5) is 5.69 Å². The Bertz CT molecular complexity index is 922. The Morgan fingerprint density at radius 2 is 1.88 bits per heavy atom. The zero-order valence-electron chi connectivity index (χ0n) is 13.4. The van der Waals surface area contributed by atoms with E-state index < -0.39 is 18.5 Å². The maximum atomic E-state index is 12.2. The summed E-state index contributed by atoms with van der Waals surface area (Å²) < 4.78 is 10.2. The number of nitrogens with zero attached hydrogens (tertiary/aromatic N) is 2. The lowest BCUT2D eigenvalue weighted by Crippen LogP contribution is -2.21. The molecule has 3 rings (SSSR count). The third kappa shape index (κ3) is 3.89. The molecule has 7 heteroatoms. The van der Waals surface area contributed by atoms with Gasteiger partial charge in [-0.3, -0.25) is 14.8 Å². The predicted molar refractivity (Wildman–Crippen MR) is 91.4 cm³/mol. The number of rotatable bonds is 5. The van der Waals surface area contributed by atoms with Crippen molar-refractivity contribution >= 4 is 28.6 Å². The molecule has 1 aromatic heterocycles. The zero-order valence-corrected chi connectivity index (χ0v) is 13.4. The molecule has 1 N–H and O–H groups in total. The standard InChI is InChI=1S/C18H15N3O4/c1-24-13-5-2-4-12(10-13)21-16(22)11-25-18(23)14-6-3-7-15-17(14)20-9-8-19-15/h2-10H,11H2,1H3,(H,21,22). The smallest absolute Gasteiger partial charge is 0.340 e. The van der Waals surface area contributed by atoms with E-state index in [9.17, 15) is 9.59 Å². The van der Waals surface area contributed by atoms with Crippen molar-refractivity contribution in [3.05, 3.63) is 60.4 Å². The molecule has 0 spiro atoms. The van der Waals surface area contributed by atoms with E-state index in [2.05, 4.69) is 15.3 Å². The minimum atomic E-state index is -0.633.